The fourth-order valence-electron chi connectivity index (χ4n) is 3.56. The molecule has 0 saturated carbocycles. The molecule has 2 aromatic heterocycles. The highest BCUT2D eigenvalue weighted by atomic mass is 16.2. The Labute approximate surface area is 159 Å². The molecule has 0 N–H and O–H groups in total. The molecule has 1 fully saturated rings. The minimum Gasteiger partial charge on any atom is -0.336 e. The Hall–Kier alpha value is -2.92. The van der Waals surface area contributed by atoms with Crippen LogP contribution in [0.15, 0.2) is 67.3 Å². The minimum absolute atomic E-state index is 0.115. The van der Waals surface area contributed by atoms with E-state index in [2.05, 4.69) is 27.4 Å². The van der Waals surface area contributed by atoms with Gasteiger partial charge in [0.05, 0.1) is 0 Å². The predicted molar refractivity (Wildman–Crippen MR) is 106 cm³/mol. The molecule has 0 unspecified atom stereocenters. The molecule has 3 aromatic rings. The Morgan fingerprint density at radius 2 is 1.81 bits per heavy atom. The number of nitrogens with zero attached hydrogens (tertiary/aromatic N) is 4. The lowest BCUT2D eigenvalue weighted by Crippen LogP contribution is -2.48. The second-order valence-electron chi connectivity index (χ2n) is 7.02. The van der Waals surface area contributed by atoms with E-state index in [1.807, 2.05) is 59.9 Å². The van der Waals surface area contributed by atoms with Gasteiger partial charge in [-0.3, -0.25) is 14.7 Å². The summed E-state index contributed by atoms with van der Waals surface area (Å²) >= 11 is 0. The van der Waals surface area contributed by atoms with Crippen molar-refractivity contribution in [1.29, 1.82) is 0 Å². The predicted octanol–water partition coefficient (Wildman–Crippen LogP) is 3.14. The number of aryl methyl sites for hydroxylation is 1. The van der Waals surface area contributed by atoms with Gasteiger partial charge in [0.25, 0.3) is 5.91 Å². The molecule has 0 spiro atoms. The summed E-state index contributed by atoms with van der Waals surface area (Å²) in [5.74, 6) is 0.115. The van der Waals surface area contributed by atoms with E-state index in [-0.39, 0.29) is 5.91 Å². The molecule has 138 valence electrons. The fourth-order valence-corrected chi connectivity index (χ4v) is 3.56. The van der Waals surface area contributed by atoms with Crippen LogP contribution in [0.2, 0.25) is 0 Å². The van der Waals surface area contributed by atoms with Gasteiger partial charge in [-0.15, -0.1) is 0 Å². The van der Waals surface area contributed by atoms with E-state index in [9.17, 15) is 4.79 Å². The van der Waals surface area contributed by atoms with Gasteiger partial charge in [0.2, 0.25) is 0 Å². The van der Waals surface area contributed by atoms with Crippen LogP contribution in [0.1, 0.15) is 21.5 Å². The SMILES string of the molecule is Cc1ccc(C(=O)N2CCN(Cc3cccnc3)CC2)cc1-n1cccc1. The molecule has 1 aliphatic heterocycles. The van der Waals surface area contributed by atoms with Crippen molar-refractivity contribution in [3.8, 4) is 5.69 Å². The van der Waals surface area contributed by atoms with Gasteiger partial charge < -0.3 is 9.47 Å². The number of carbonyl (C=O) groups is 1. The summed E-state index contributed by atoms with van der Waals surface area (Å²) in [5.41, 5.74) is 4.18. The summed E-state index contributed by atoms with van der Waals surface area (Å²) in [6.45, 7) is 6.24. The Morgan fingerprint density at radius 1 is 1.04 bits per heavy atom. The van der Waals surface area contributed by atoms with Gasteiger partial charge in [-0.25, -0.2) is 0 Å². The topological polar surface area (TPSA) is 41.4 Å². The Kier molecular flexibility index (Phi) is 5.03. The number of hydrogen-bond donors (Lipinski definition) is 0. The van der Waals surface area contributed by atoms with E-state index in [4.69, 9.17) is 0 Å². The lowest BCUT2D eigenvalue weighted by Gasteiger charge is -2.34. The van der Waals surface area contributed by atoms with Crippen molar-refractivity contribution < 1.29 is 4.79 Å². The first-order chi connectivity index (χ1) is 13.2. The highest BCUT2D eigenvalue weighted by Crippen LogP contribution is 2.18. The molecule has 27 heavy (non-hydrogen) atoms. The third-order valence-corrected chi connectivity index (χ3v) is 5.13. The number of aromatic nitrogens is 2. The van der Waals surface area contributed by atoms with Crippen LogP contribution >= 0.6 is 0 Å². The zero-order valence-electron chi connectivity index (χ0n) is 15.6. The number of amides is 1. The fraction of sp³-hybridized carbons (Fsp3) is 0.273. The molecule has 5 heteroatoms. The van der Waals surface area contributed by atoms with Gasteiger partial charge in [-0.1, -0.05) is 12.1 Å². The van der Waals surface area contributed by atoms with Crippen LogP contribution in [0.3, 0.4) is 0 Å². The lowest BCUT2D eigenvalue weighted by atomic mass is 10.1. The molecule has 1 aliphatic rings. The zero-order valence-corrected chi connectivity index (χ0v) is 15.6. The molecule has 1 saturated heterocycles. The minimum atomic E-state index is 0.115. The van der Waals surface area contributed by atoms with Crippen molar-refractivity contribution in [3.05, 3.63) is 83.9 Å². The Balaban J connectivity index is 1.42. The van der Waals surface area contributed by atoms with Crippen LogP contribution < -0.4 is 0 Å². The van der Waals surface area contributed by atoms with Gasteiger partial charge >= 0.3 is 0 Å². The molecule has 1 aromatic carbocycles. The van der Waals surface area contributed by atoms with Crippen LogP contribution in [0.25, 0.3) is 5.69 Å². The molecule has 5 nitrogen and oxygen atoms in total. The van der Waals surface area contributed by atoms with E-state index in [1.54, 1.807) is 6.20 Å². The van der Waals surface area contributed by atoms with Crippen LogP contribution in [0.5, 0.6) is 0 Å². The average Bonchev–Trinajstić information content (AvgIpc) is 3.24. The van der Waals surface area contributed by atoms with E-state index < -0.39 is 0 Å². The van der Waals surface area contributed by atoms with Crippen LogP contribution in [0, 0.1) is 6.92 Å². The third-order valence-electron chi connectivity index (χ3n) is 5.13. The standard InChI is InChI=1S/C22H24N4O/c1-18-6-7-20(15-21(18)25-9-2-3-10-25)22(27)26-13-11-24(12-14-26)17-19-5-4-8-23-16-19/h2-10,15-16H,11-14,17H2,1H3. The quantitative estimate of drug-likeness (QED) is 0.718. The Morgan fingerprint density at radius 3 is 2.52 bits per heavy atom. The molecule has 0 atom stereocenters. The number of benzene rings is 1. The number of carbonyl (C=O) groups excluding carboxylic acids is 1. The van der Waals surface area contributed by atoms with Gasteiger partial charge in [0.15, 0.2) is 0 Å². The van der Waals surface area contributed by atoms with E-state index in [1.165, 1.54) is 5.56 Å². The Bertz CT molecular complexity index is 897. The van der Waals surface area contributed by atoms with E-state index in [0.717, 1.165) is 49.5 Å². The highest BCUT2D eigenvalue weighted by molar-refractivity contribution is 5.95. The van der Waals surface area contributed by atoms with Crippen LogP contribution in [-0.2, 0) is 6.54 Å². The first kappa shape index (κ1) is 17.5. The lowest BCUT2D eigenvalue weighted by molar-refractivity contribution is 0.0628. The third kappa shape index (κ3) is 3.93. The smallest absolute Gasteiger partial charge is 0.254 e. The molecule has 0 radical (unpaired) electrons. The number of hydrogen-bond acceptors (Lipinski definition) is 3. The maximum absolute atomic E-state index is 13.0. The van der Waals surface area contributed by atoms with Crippen LogP contribution in [0.4, 0.5) is 0 Å². The molecule has 1 amide bonds. The first-order valence-electron chi connectivity index (χ1n) is 9.35. The summed E-state index contributed by atoms with van der Waals surface area (Å²) in [4.78, 5) is 21.5. The van der Waals surface area contributed by atoms with Crippen molar-refractivity contribution >= 4 is 5.91 Å². The molecule has 3 heterocycles. The summed E-state index contributed by atoms with van der Waals surface area (Å²) < 4.78 is 2.05. The number of pyridine rings is 1. The maximum Gasteiger partial charge on any atom is 0.254 e. The summed E-state index contributed by atoms with van der Waals surface area (Å²) in [7, 11) is 0. The molecule has 4 rings (SSSR count). The second kappa shape index (κ2) is 7.76. The summed E-state index contributed by atoms with van der Waals surface area (Å²) in [6.07, 6.45) is 7.72. The molecular formula is C22H24N4O. The van der Waals surface area contributed by atoms with Gasteiger partial charge in [0.1, 0.15) is 0 Å². The van der Waals surface area contributed by atoms with Crippen LogP contribution in [-0.4, -0.2) is 51.4 Å². The highest BCUT2D eigenvalue weighted by Gasteiger charge is 2.22. The summed E-state index contributed by atoms with van der Waals surface area (Å²) in [6, 6.07) is 14.0. The van der Waals surface area contributed by atoms with Gasteiger partial charge in [-0.05, 0) is 48.4 Å². The molecule has 0 bridgehead atoms. The molecular weight excluding hydrogens is 336 g/mol. The van der Waals surface area contributed by atoms with E-state index in [0.29, 0.717) is 0 Å². The average molecular weight is 360 g/mol. The van der Waals surface area contributed by atoms with Crippen molar-refractivity contribution in [1.82, 2.24) is 19.4 Å². The van der Waals surface area contributed by atoms with Gasteiger partial charge in [0, 0.05) is 68.8 Å². The maximum atomic E-state index is 13.0. The van der Waals surface area contributed by atoms with Gasteiger partial charge in [-0.2, -0.15) is 0 Å². The normalized spacial score (nSPS) is 15.1. The number of rotatable bonds is 4. The zero-order chi connectivity index (χ0) is 18.6. The monoisotopic (exact) mass is 360 g/mol. The van der Waals surface area contributed by atoms with Crippen molar-refractivity contribution in [3.63, 3.8) is 0 Å². The summed E-state index contributed by atoms with van der Waals surface area (Å²) in [5, 5.41) is 0. The van der Waals surface area contributed by atoms with Crippen molar-refractivity contribution in [2.45, 2.75) is 13.5 Å². The van der Waals surface area contributed by atoms with Crippen molar-refractivity contribution in [2.24, 2.45) is 0 Å². The van der Waals surface area contributed by atoms with Crippen molar-refractivity contribution in [2.75, 3.05) is 26.2 Å². The van der Waals surface area contributed by atoms with E-state index >= 15 is 0 Å². The molecule has 0 aliphatic carbocycles. The first-order valence-corrected chi connectivity index (χ1v) is 9.35. The second-order valence-corrected chi connectivity index (χ2v) is 7.02. The largest absolute Gasteiger partial charge is 0.336 e. The number of piperazine rings is 1.